The average Bonchev–Trinajstić information content (AvgIpc) is 3.26. The van der Waals surface area contributed by atoms with E-state index in [-0.39, 0.29) is 5.92 Å². The molecule has 1 aromatic heterocycles. The lowest BCUT2D eigenvalue weighted by molar-refractivity contribution is -0.150. The number of rotatable bonds is 3. The number of hydrogen-bond donors (Lipinski definition) is 1. The number of hydrogen-bond acceptors (Lipinski definition) is 7. The van der Waals surface area contributed by atoms with Gasteiger partial charge in [0.05, 0.1) is 12.0 Å². The van der Waals surface area contributed by atoms with Crippen molar-refractivity contribution >= 4 is 22.4 Å². The summed E-state index contributed by atoms with van der Waals surface area (Å²) in [5.41, 5.74) is 1.05. The highest BCUT2D eigenvalue weighted by Gasteiger charge is 2.54. The third-order valence-corrected chi connectivity index (χ3v) is 6.44. The van der Waals surface area contributed by atoms with Gasteiger partial charge < -0.3 is 14.7 Å². The second-order valence-electron chi connectivity index (χ2n) is 6.88. The molecule has 0 saturated carbocycles. The van der Waals surface area contributed by atoms with Crippen LogP contribution in [0.1, 0.15) is 19.3 Å². The molecule has 4 heterocycles. The second kappa shape index (κ2) is 5.99. The van der Waals surface area contributed by atoms with Gasteiger partial charge >= 0.3 is 5.97 Å². The maximum atomic E-state index is 12.2. The molecule has 3 atom stereocenters. The molecule has 3 aliphatic heterocycles. The fraction of sp³-hybridized carbons (Fsp3) is 0.800. The first kappa shape index (κ1) is 15.3. The van der Waals surface area contributed by atoms with Crippen LogP contribution in [-0.4, -0.2) is 71.6 Å². The third kappa shape index (κ3) is 2.62. The maximum Gasteiger partial charge on any atom is 0.311 e. The summed E-state index contributed by atoms with van der Waals surface area (Å²) in [7, 11) is 0. The molecule has 3 fully saturated rings. The molecule has 0 bridgehead atoms. The molecular formula is C15H22N4O3S. The van der Waals surface area contributed by atoms with Gasteiger partial charge in [0.25, 0.3) is 0 Å². The first-order valence-corrected chi connectivity index (χ1v) is 9.13. The Balaban J connectivity index is 1.58. The van der Waals surface area contributed by atoms with Crippen LogP contribution in [0.15, 0.2) is 5.51 Å². The van der Waals surface area contributed by atoms with Gasteiger partial charge in [0.15, 0.2) is 0 Å². The van der Waals surface area contributed by atoms with Crippen molar-refractivity contribution in [3.8, 4) is 0 Å². The Kier molecular flexibility index (Phi) is 3.98. The number of likely N-dealkylation sites (tertiary alicyclic amines) is 1. The molecule has 0 unspecified atom stereocenters. The Bertz CT molecular complexity index is 563. The smallest absolute Gasteiger partial charge is 0.311 e. The van der Waals surface area contributed by atoms with Crippen molar-refractivity contribution in [2.75, 3.05) is 44.3 Å². The van der Waals surface area contributed by atoms with Gasteiger partial charge in [0, 0.05) is 38.2 Å². The van der Waals surface area contributed by atoms with E-state index in [2.05, 4.69) is 20.0 Å². The summed E-state index contributed by atoms with van der Waals surface area (Å²) in [4.78, 5) is 16.7. The summed E-state index contributed by atoms with van der Waals surface area (Å²) >= 11 is 1.48. The van der Waals surface area contributed by atoms with E-state index in [1.807, 2.05) is 0 Å². The van der Waals surface area contributed by atoms with Crippen molar-refractivity contribution < 1.29 is 14.6 Å². The number of ether oxygens (including phenoxy) is 1. The van der Waals surface area contributed by atoms with E-state index >= 15 is 0 Å². The highest BCUT2D eigenvalue weighted by atomic mass is 32.1. The van der Waals surface area contributed by atoms with Crippen LogP contribution in [0.5, 0.6) is 0 Å². The minimum absolute atomic E-state index is 0.131. The molecule has 126 valence electrons. The van der Waals surface area contributed by atoms with Gasteiger partial charge in [0.2, 0.25) is 5.13 Å². The van der Waals surface area contributed by atoms with Crippen molar-refractivity contribution in [3.63, 3.8) is 0 Å². The fourth-order valence-electron chi connectivity index (χ4n) is 4.40. The molecule has 0 aliphatic carbocycles. The van der Waals surface area contributed by atoms with E-state index in [9.17, 15) is 9.90 Å². The molecule has 23 heavy (non-hydrogen) atoms. The number of nitrogens with zero attached hydrogens (tertiary/aromatic N) is 4. The summed E-state index contributed by atoms with van der Waals surface area (Å²) in [5.74, 6) is -0.522. The van der Waals surface area contributed by atoms with Crippen LogP contribution in [0.2, 0.25) is 0 Å². The molecule has 0 aromatic carbocycles. The van der Waals surface area contributed by atoms with Crippen molar-refractivity contribution in [2.24, 2.45) is 11.3 Å². The first-order chi connectivity index (χ1) is 11.2. The molecule has 3 aliphatic rings. The van der Waals surface area contributed by atoms with E-state index in [0.717, 1.165) is 57.2 Å². The molecule has 8 heteroatoms. The average molecular weight is 338 g/mol. The number of carbonyl (C=O) groups is 1. The molecule has 1 aromatic rings. The van der Waals surface area contributed by atoms with Crippen molar-refractivity contribution in [1.82, 2.24) is 15.1 Å². The molecule has 1 N–H and O–H groups in total. The van der Waals surface area contributed by atoms with Crippen LogP contribution < -0.4 is 4.90 Å². The summed E-state index contributed by atoms with van der Waals surface area (Å²) in [6, 6.07) is 0.454. The minimum Gasteiger partial charge on any atom is -0.481 e. The topological polar surface area (TPSA) is 78.8 Å². The molecule has 0 radical (unpaired) electrons. The summed E-state index contributed by atoms with van der Waals surface area (Å²) in [6.45, 7) is 4.75. The van der Waals surface area contributed by atoms with Gasteiger partial charge in [-0.25, -0.2) is 0 Å². The Labute approximate surface area is 139 Å². The molecule has 3 saturated heterocycles. The predicted molar refractivity (Wildman–Crippen MR) is 85.7 cm³/mol. The number of fused-ring (bicyclic) bond motifs is 1. The number of carboxylic acids is 1. The van der Waals surface area contributed by atoms with Crippen molar-refractivity contribution in [1.29, 1.82) is 0 Å². The Morgan fingerprint density at radius 1 is 1.48 bits per heavy atom. The predicted octanol–water partition coefficient (Wildman–Crippen LogP) is 0.930. The first-order valence-electron chi connectivity index (χ1n) is 8.25. The van der Waals surface area contributed by atoms with Gasteiger partial charge in [-0.15, -0.1) is 10.2 Å². The van der Waals surface area contributed by atoms with E-state index in [1.54, 1.807) is 5.51 Å². The minimum atomic E-state index is -0.654. The lowest BCUT2D eigenvalue weighted by Crippen LogP contribution is -2.44. The lowest BCUT2D eigenvalue weighted by Gasteiger charge is -2.31. The van der Waals surface area contributed by atoms with Gasteiger partial charge in [0.1, 0.15) is 5.51 Å². The SMILES string of the molecule is O=C(O)[C@]12CCCN([C@H]3CCOC3)C[C@H]1CN(c1nncs1)C2. The summed E-state index contributed by atoms with van der Waals surface area (Å²) in [5, 5.41) is 18.9. The number of anilines is 1. The zero-order valence-corrected chi connectivity index (χ0v) is 13.9. The highest BCUT2D eigenvalue weighted by Crippen LogP contribution is 2.45. The molecule has 4 rings (SSSR count). The van der Waals surface area contributed by atoms with Crippen LogP contribution in [-0.2, 0) is 9.53 Å². The van der Waals surface area contributed by atoms with E-state index in [0.29, 0.717) is 12.6 Å². The third-order valence-electron chi connectivity index (χ3n) is 5.69. The highest BCUT2D eigenvalue weighted by molar-refractivity contribution is 7.13. The zero-order valence-electron chi connectivity index (χ0n) is 13.1. The number of aliphatic carboxylic acids is 1. The van der Waals surface area contributed by atoms with Crippen LogP contribution in [0, 0.1) is 11.3 Å². The van der Waals surface area contributed by atoms with E-state index in [1.165, 1.54) is 11.3 Å². The maximum absolute atomic E-state index is 12.2. The Morgan fingerprint density at radius 3 is 3.09 bits per heavy atom. The van der Waals surface area contributed by atoms with Crippen LogP contribution >= 0.6 is 11.3 Å². The normalized spacial score (nSPS) is 35.2. The lowest BCUT2D eigenvalue weighted by atomic mass is 9.75. The van der Waals surface area contributed by atoms with E-state index < -0.39 is 11.4 Å². The van der Waals surface area contributed by atoms with Crippen LogP contribution in [0.3, 0.4) is 0 Å². The fourth-order valence-corrected chi connectivity index (χ4v) is 4.98. The summed E-state index contributed by atoms with van der Waals surface area (Å²) < 4.78 is 5.53. The summed E-state index contributed by atoms with van der Waals surface area (Å²) in [6.07, 6.45) is 2.74. The van der Waals surface area contributed by atoms with Gasteiger partial charge in [-0.05, 0) is 25.8 Å². The Hall–Kier alpha value is -1.25. The quantitative estimate of drug-likeness (QED) is 0.878. The van der Waals surface area contributed by atoms with Crippen LogP contribution in [0.4, 0.5) is 5.13 Å². The standard InChI is InChI=1S/C15H22N4O3S/c20-13(21)15-3-1-4-18(12-2-5-22-8-12)6-11(15)7-19(9-15)14-17-16-10-23-14/h10-12H,1-9H2,(H,20,21)/t11-,12-,15-/m0/s1. The second-order valence-corrected chi connectivity index (χ2v) is 7.69. The number of carboxylic acid groups (broad SMARTS) is 1. The molecule has 0 spiro atoms. The largest absolute Gasteiger partial charge is 0.481 e. The van der Waals surface area contributed by atoms with Gasteiger partial charge in [-0.3, -0.25) is 9.69 Å². The van der Waals surface area contributed by atoms with Crippen molar-refractivity contribution in [3.05, 3.63) is 5.51 Å². The molecule has 7 nitrogen and oxygen atoms in total. The monoisotopic (exact) mass is 338 g/mol. The number of aromatic nitrogens is 2. The van der Waals surface area contributed by atoms with Crippen molar-refractivity contribution in [2.45, 2.75) is 25.3 Å². The molecular weight excluding hydrogens is 316 g/mol. The van der Waals surface area contributed by atoms with E-state index in [4.69, 9.17) is 4.74 Å². The van der Waals surface area contributed by atoms with Gasteiger partial charge in [-0.2, -0.15) is 0 Å². The van der Waals surface area contributed by atoms with Gasteiger partial charge in [-0.1, -0.05) is 11.3 Å². The zero-order chi connectivity index (χ0) is 15.9. The molecule has 0 amide bonds. The Morgan fingerprint density at radius 2 is 2.39 bits per heavy atom. The van der Waals surface area contributed by atoms with Crippen LogP contribution in [0.25, 0.3) is 0 Å².